The summed E-state index contributed by atoms with van der Waals surface area (Å²) in [4.78, 5) is 26.2. The Balaban J connectivity index is 1.57. The molecule has 5 nitrogen and oxygen atoms in total. The van der Waals surface area contributed by atoms with Crippen LogP contribution in [0.25, 0.3) is 0 Å². The van der Waals surface area contributed by atoms with Gasteiger partial charge < -0.3 is 15.3 Å². The lowest BCUT2D eigenvalue weighted by Crippen LogP contribution is -2.33. The molecular formula is C21H22N2O3. The Labute approximate surface area is 152 Å². The first-order valence-corrected chi connectivity index (χ1v) is 9.05. The predicted molar refractivity (Wildman–Crippen MR) is 99.4 cm³/mol. The number of aromatic hydroxyl groups is 1. The Hall–Kier alpha value is -2.82. The summed E-state index contributed by atoms with van der Waals surface area (Å²) in [6.45, 7) is 0. The van der Waals surface area contributed by atoms with E-state index in [2.05, 4.69) is 5.32 Å². The fourth-order valence-electron chi connectivity index (χ4n) is 4.02. The quantitative estimate of drug-likeness (QED) is 0.874. The minimum absolute atomic E-state index is 0.0846. The van der Waals surface area contributed by atoms with Gasteiger partial charge in [-0.15, -0.1) is 0 Å². The van der Waals surface area contributed by atoms with Gasteiger partial charge in [0.2, 0.25) is 5.91 Å². The SMILES string of the molecule is CN1C(=O)CCc2cc(C(=O)NC3CCCc4c(O)cccc43)ccc21. The maximum Gasteiger partial charge on any atom is 0.251 e. The van der Waals surface area contributed by atoms with Crippen LogP contribution < -0.4 is 10.2 Å². The van der Waals surface area contributed by atoms with Gasteiger partial charge in [-0.25, -0.2) is 0 Å². The van der Waals surface area contributed by atoms with Crippen LogP contribution in [0, 0.1) is 0 Å². The Morgan fingerprint density at radius 3 is 2.88 bits per heavy atom. The Morgan fingerprint density at radius 1 is 1.19 bits per heavy atom. The average molecular weight is 350 g/mol. The summed E-state index contributed by atoms with van der Waals surface area (Å²) in [6.07, 6.45) is 3.79. The molecule has 134 valence electrons. The third kappa shape index (κ3) is 2.83. The first-order chi connectivity index (χ1) is 12.5. The van der Waals surface area contributed by atoms with Crippen LogP contribution in [-0.4, -0.2) is 24.0 Å². The van der Waals surface area contributed by atoms with Crippen molar-refractivity contribution in [2.24, 2.45) is 0 Å². The van der Waals surface area contributed by atoms with E-state index < -0.39 is 0 Å². The topological polar surface area (TPSA) is 69.6 Å². The molecule has 2 amide bonds. The van der Waals surface area contributed by atoms with Gasteiger partial charge in [-0.2, -0.15) is 0 Å². The van der Waals surface area contributed by atoms with Crippen molar-refractivity contribution in [1.82, 2.24) is 5.32 Å². The predicted octanol–water partition coefficient (Wildman–Crippen LogP) is 3.11. The number of hydrogen-bond acceptors (Lipinski definition) is 3. The van der Waals surface area contributed by atoms with E-state index in [1.165, 1.54) is 0 Å². The Kier molecular flexibility index (Phi) is 4.15. The highest BCUT2D eigenvalue weighted by atomic mass is 16.3. The molecule has 2 aromatic carbocycles. The second kappa shape index (κ2) is 6.48. The zero-order chi connectivity index (χ0) is 18.3. The highest BCUT2D eigenvalue weighted by Gasteiger charge is 2.25. The highest BCUT2D eigenvalue weighted by molar-refractivity contribution is 5.99. The van der Waals surface area contributed by atoms with Gasteiger partial charge in [0.05, 0.1) is 6.04 Å². The number of amides is 2. The van der Waals surface area contributed by atoms with Crippen LogP contribution in [0.2, 0.25) is 0 Å². The van der Waals surface area contributed by atoms with Crippen LogP contribution in [0.5, 0.6) is 5.75 Å². The van der Waals surface area contributed by atoms with Gasteiger partial charge in [0.25, 0.3) is 5.91 Å². The van der Waals surface area contributed by atoms with Gasteiger partial charge in [-0.05, 0) is 66.6 Å². The lowest BCUT2D eigenvalue weighted by Gasteiger charge is -2.28. The van der Waals surface area contributed by atoms with E-state index in [0.29, 0.717) is 24.2 Å². The van der Waals surface area contributed by atoms with Crippen LogP contribution in [0.1, 0.15) is 52.4 Å². The first kappa shape index (κ1) is 16.6. The molecule has 0 radical (unpaired) electrons. The Bertz CT molecular complexity index is 891. The zero-order valence-electron chi connectivity index (χ0n) is 14.8. The molecule has 0 aromatic heterocycles. The fourth-order valence-corrected chi connectivity index (χ4v) is 4.02. The summed E-state index contributed by atoms with van der Waals surface area (Å²) in [5.41, 5.74) is 4.47. The number of nitrogens with one attached hydrogen (secondary N) is 1. The maximum atomic E-state index is 12.8. The minimum atomic E-state index is -0.117. The molecule has 2 aromatic rings. The number of aryl methyl sites for hydroxylation is 1. The van der Waals surface area contributed by atoms with E-state index in [0.717, 1.165) is 41.6 Å². The molecule has 1 heterocycles. The molecule has 1 atom stereocenters. The average Bonchev–Trinajstić information content (AvgIpc) is 2.65. The number of benzene rings is 2. The third-order valence-electron chi connectivity index (χ3n) is 5.47. The van der Waals surface area contributed by atoms with Crippen molar-refractivity contribution in [3.8, 4) is 5.75 Å². The van der Waals surface area contributed by atoms with Gasteiger partial charge in [0.1, 0.15) is 5.75 Å². The number of phenols is 1. The van der Waals surface area contributed by atoms with Crippen molar-refractivity contribution in [2.45, 2.75) is 38.1 Å². The number of carbonyl (C=O) groups is 2. The number of nitrogens with zero attached hydrogens (tertiary/aromatic N) is 1. The number of fused-ring (bicyclic) bond motifs is 2. The molecule has 0 bridgehead atoms. The largest absolute Gasteiger partial charge is 0.508 e. The molecular weight excluding hydrogens is 328 g/mol. The molecule has 26 heavy (non-hydrogen) atoms. The molecule has 0 spiro atoms. The summed E-state index contributed by atoms with van der Waals surface area (Å²) in [5.74, 6) is 0.296. The summed E-state index contributed by atoms with van der Waals surface area (Å²) >= 11 is 0. The van der Waals surface area contributed by atoms with Gasteiger partial charge in [0, 0.05) is 24.7 Å². The fraction of sp³-hybridized carbons (Fsp3) is 0.333. The van der Waals surface area contributed by atoms with E-state index in [9.17, 15) is 14.7 Å². The van der Waals surface area contributed by atoms with Crippen molar-refractivity contribution < 1.29 is 14.7 Å². The molecule has 1 aliphatic carbocycles. The molecule has 1 unspecified atom stereocenters. The molecule has 0 fully saturated rings. The number of anilines is 1. The number of rotatable bonds is 2. The number of phenolic OH excluding ortho intramolecular Hbond substituents is 1. The minimum Gasteiger partial charge on any atom is -0.508 e. The van der Waals surface area contributed by atoms with Gasteiger partial charge >= 0.3 is 0 Å². The van der Waals surface area contributed by atoms with Crippen LogP contribution in [0.15, 0.2) is 36.4 Å². The van der Waals surface area contributed by atoms with Crippen LogP contribution in [-0.2, 0) is 17.6 Å². The summed E-state index contributed by atoms with van der Waals surface area (Å²) in [7, 11) is 1.77. The first-order valence-electron chi connectivity index (χ1n) is 9.05. The number of hydrogen-bond donors (Lipinski definition) is 2. The van der Waals surface area contributed by atoms with Gasteiger partial charge in [-0.3, -0.25) is 9.59 Å². The van der Waals surface area contributed by atoms with Crippen molar-refractivity contribution in [2.75, 3.05) is 11.9 Å². The summed E-state index contributed by atoms with van der Waals surface area (Å²) in [5, 5.41) is 13.2. The molecule has 4 rings (SSSR count). The van der Waals surface area contributed by atoms with Crippen LogP contribution >= 0.6 is 0 Å². The van der Waals surface area contributed by atoms with E-state index in [1.54, 1.807) is 24.1 Å². The molecule has 1 aliphatic heterocycles. The van der Waals surface area contributed by atoms with Crippen molar-refractivity contribution in [3.05, 3.63) is 58.7 Å². The maximum absolute atomic E-state index is 12.8. The van der Waals surface area contributed by atoms with Crippen LogP contribution in [0.3, 0.4) is 0 Å². The van der Waals surface area contributed by atoms with Crippen molar-refractivity contribution in [3.63, 3.8) is 0 Å². The van der Waals surface area contributed by atoms with Gasteiger partial charge in [0.15, 0.2) is 0 Å². The second-order valence-corrected chi connectivity index (χ2v) is 7.06. The van der Waals surface area contributed by atoms with Crippen LogP contribution in [0.4, 0.5) is 5.69 Å². The van der Waals surface area contributed by atoms with E-state index >= 15 is 0 Å². The lowest BCUT2D eigenvalue weighted by atomic mass is 9.87. The highest BCUT2D eigenvalue weighted by Crippen LogP contribution is 2.35. The third-order valence-corrected chi connectivity index (χ3v) is 5.47. The molecule has 2 N–H and O–H groups in total. The number of carbonyl (C=O) groups excluding carboxylic acids is 2. The summed E-state index contributed by atoms with van der Waals surface area (Å²) < 4.78 is 0. The van der Waals surface area contributed by atoms with Crippen molar-refractivity contribution in [1.29, 1.82) is 0 Å². The molecule has 0 saturated carbocycles. The Morgan fingerprint density at radius 2 is 2.04 bits per heavy atom. The standard InChI is InChI=1S/C21H22N2O3/c1-23-18-10-8-14(12-13(18)9-11-20(23)25)21(26)22-17-6-2-5-16-15(17)4-3-7-19(16)24/h3-4,7-8,10,12,17,24H,2,5-6,9,11H2,1H3,(H,22,26). The zero-order valence-corrected chi connectivity index (χ0v) is 14.8. The molecule has 0 saturated heterocycles. The summed E-state index contributed by atoms with van der Waals surface area (Å²) in [6, 6.07) is 10.9. The molecule has 2 aliphatic rings. The normalized spacial score (nSPS) is 18.9. The van der Waals surface area contributed by atoms with E-state index in [1.807, 2.05) is 24.3 Å². The lowest BCUT2D eigenvalue weighted by molar-refractivity contribution is -0.118. The second-order valence-electron chi connectivity index (χ2n) is 7.06. The smallest absolute Gasteiger partial charge is 0.251 e. The monoisotopic (exact) mass is 350 g/mol. The molecule has 5 heteroatoms. The van der Waals surface area contributed by atoms with Gasteiger partial charge in [-0.1, -0.05) is 12.1 Å². The van der Waals surface area contributed by atoms with E-state index in [-0.39, 0.29) is 17.9 Å². The van der Waals surface area contributed by atoms with Crippen molar-refractivity contribution >= 4 is 17.5 Å². The van der Waals surface area contributed by atoms with E-state index in [4.69, 9.17) is 0 Å².